The summed E-state index contributed by atoms with van der Waals surface area (Å²) in [7, 11) is 0. The highest BCUT2D eigenvalue weighted by Gasteiger charge is 2.36. The summed E-state index contributed by atoms with van der Waals surface area (Å²) in [6.45, 7) is 3.83. The fraction of sp³-hybridized carbons (Fsp3) is 0.263. The van der Waals surface area contributed by atoms with E-state index in [1.807, 2.05) is 44.2 Å². The number of hydrogen-bond donors (Lipinski definition) is 0. The molecule has 0 saturated carbocycles. The van der Waals surface area contributed by atoms with Crippen LogP contribution in [0.5, 0.6) is 0 Å². The molecule has 0 amide bonds. The van der Waals surface area contributed by atoms with Crippen LogP contribution in [-0.4, -0.2) is 0 Å². The highest BCUT2D eigenvalue weighted by Crippen LogP contribution is 2.44. The lowest BCUT2D eigenvalue weighted by atomic mass is 9.87. The van der Waals surface area contributed by atoms with E-state index in [1.54, 1.807) is 0 Å². The third kappa shape index (κ3) is 2.45. The number of allylic oxidation sites excluding steroid dienone is 8. The van der Waals surface area contributed by atoms with Crippen molar-refractivity contribution in [2.24, 2.45) is 0 Å². The summed E-state index contributed by atoms with van der Waals surface area (Å²) in [5, 5.41) is 0. The second-order valence-corrected chi connectivity index (χ2v) is 5.76. The Kier molecular flexibility index (Phi) is 3.59. The number of hydrogen-bond acceptors (Lipinski definition) is 0. The van der Waals surface area contributed by atoms with Crippen LogP contribution in [0.15, 0.2) is 53.6 Å². The molecule has 0 N–H and O–H groups in total. The predicted octanol–water partition coefficient (Wildman–Crippen LogP) is 6.17. The molecule has 0 spiro atoms. The summed E-state index contributed by atoms with van der Waals surface area (Å²) in [5.41, 5.74) is 4.29. The lowest BCUT2D eigenvalue weighted by Crippen LogP contribution is -2.11. The monoisotopic (exact) mass is 302 g/mol. The fourth-order valence-corrected chi connectivity index (χ4v) is 3.22. The molecule has 0 aromatic heterocycles. The quantitative estimate of drug-likeness (QED) is 0.612. The first kappa shape index (κ1) is 14.9. The summed E-state index contributed by atoms with van der Waals surface area (Å²) < 4.78 is 40.6. The van der Waals surface area contributed by atoms with Gasteiger partial charge in [0.25, 0.3) is 0 Å². The zero-order chi connectivity index (χ0) is 15.9. The van der Waals surface area contributed by atoms with Gasteiger partial charge in [0.2, 0.25) is 0 Å². The van der Waals surface area contributed by atoms with Crippen molar-refractivity contribution in [3.8, 4) is 0 Å². The second kappa shape index (κ2) is 5.31. The van der Waals surface area contributed by atoms with Crippen molar-refractivity contribution in [2.75, 3.05) is 0 Å². The molecule has 22 heavy (non-hydrogen) atoms. The smallest absolute Gasteiger partial charge is 0.166 e. The largest absolute Gasteiger partial charge is 0.417 e. The van der Waals surface area contributed by atoms with Gasteiger partial charge in [-0.1, -0.05) is 36.4 Å². The Balaban J connectivity index is 2.28. The van der Waals surface area contributed by atoms with Gasteiger partial charge in [0, 0.05) is 0 Å². The molecule has 1 aromatic carbocycles. The highest BCUT2D eigenvalue weighted by atomic mass is 19.4. The molecule has 0 heterocycles. The van der Waals surface area contributed by atoms with Gasteiger partial charge in [0.1, 0.15) is 0 Å². The van der Waals surface area contributed by atoms with E-state index in [9.17, 15) is 13.2 Å². The van der Waals surface area contributed by atoms with Crippen molar-refractivity contribution in [1.29, 1.82) is 0 Å². The van der Waals surface area contributed by atoms with Crippen LogP contribution in [0.25, 0.3) is 11.1 Å². The molecule has 0 atom stereocenters. The molecule has 0 radical (unpaired) electrons. The number of halogens is 3. The van der Waals surface area contributed by atoms with Gasteiger partial charge in [-0.05, 0) is 66.2 Å². The SMILES string of the molecule is CC1=C(c2cccc(C(F)(F)F)c2C2=C(C)C=CC2)CC=C1. The van der Waals surface area contributed by atoms with Crippen LogP contribution >= 0.6 is 0 Å². The maximum absolute atomic E-state index is 13.5. The average molecular weight is 302 g/mol. The molecule has 114 valence electrons. The van der Waals surface area contributed by atoms with E-state index in [0.29, 0.717) is 18.4 Å². The van der Waals surface area contributed by atoms with Crippen LogP contribution in [0, 0.1) is 0 Å². The summed E-state index contributed by atoms with van der Waals surface area (Å²) >= 11 is 0. The molecule has 1 aromatic rings. The molecule has 3 rings (SSSR count). The molecule has 0 nitrogen and oxygen atoms in total. The predicted molar refractivity (Wildman–Crippen MR) is 84.1 cm³/mol. The minimum absolute atomic E-state index is 0.357. The van der Waals surface area contributed by atoms with E-state index >= 15 is 0 Å². The summed E-state index contributed by atoms with van der Waals surface area (Å²) in [6.07, 6.45) is 4.72. The van der Waals surface area contributed by atoms with Crippen LogP contribution in [-0.2, 0) is 6.18 Å². The topological polar surface area (TPSA) is 0 Å². The Morgan fingerprint density at radius 1 is 0.864 bits per heavy atom. The fourth-order valence-electron chi connectivity index (χ4n) is 3.22. The average Bonchev–Trinajstić information content (AvgIpc) is 3.05. The van der Waals surface area contributed by atoms with Crippen molar-refractivity contribution in [3.63, 3.8) is 0 Å². The van der Waals surface area contributed by atoms with Crippen molar-refractivity contribution in [1.82, 2.24) is 0 Å². The normalized spacial score (nSPS) is 18.0. The van der Waals surface area contributed by atoms with Crippen LogP contribution in [0.4, 0.5) is 13.2 Å². The van der Waals surface area contributed by atoms with E-state index < -0.39 is 11.7 Å². The zero-order valence-corrected chi connectivity index (χ0v) is 12.6. The Hall–Kier alpha value is -2.03. The van der Waals surface area contributed by atoms with E-state index in [4.69, 9.17) is 0 Å². The summed E-state index contributed by atoms with van der Waals surface area (Å²) in [6, 6.07) is 4.52. The van der Waals surface area contributed by atoms with Gasteiger partial charge in [-0.3, -0.25) is 0 Å². The first-order chi connectivity index (χ1) is 10.4. The van der Waals surface area contributed by atoms with Crippen LogP contribution in [0.2, 0.25) is 0 Å². The van der Waals surface area contributed by atoms with Gasteiger partial charge in [-0.15, -0.1) is 0 Å². The first-order valence-corrected chi connectivity index (χ1v) is 7.33. The lowest BCUT2D eigenvalue weighted by Gasteiger charge is -2.20. The molecule has 0 aliphatic heterocycles. The molecule has 0 bridgehead atoms. The second-order valence-electron chi connectivity index (χ2n) is 5.76. The van der Waals surface area contributed by atoms with Crippen LogP contribution in [0.3, 0.4) is 0 Å². The van der Waals surface area contributed by atoms with Gasteiger partial charge < -0.3 is 0 Å². The highest BCUT2D eigenvalue weighted by molar-refractivity contribution is 5.88. The van der Waals surface area contributed by atoms with Crippen molar-refractivity contribution < 1.29 is 13.2 Å². The van der Waals surface area contributed by atoms with Crippen LogP contribution in [0.1, 0.15) is 43.4 Å². The number of benzene rings is 1. The molecule has 2 aliphatic rings. The van der Waals surface area contributed by atoms with E-state index in [2.05, 4.69) is 0 Å². The molecule has 0 saturated heterocycles. The standard InChI is InChI=1S/C19H17F3/c1-12-6-3-8-14(12)16-10-5-11-17(19(20,21)22)18(16)15-9-4-7-13(15)2/h3-7,10-11H,8-9H2,1-2H3. The number of rotatable bonds is 2. The maximum Gasteiger partial charge on any atom is 0.417 e. The van der Waals surface area contributed by atoms with Gasteiger partial charge in [0.05, 0.1) is 5.56 Å². The summed E-state index contributed by atoms with van der Waals surface area (Å²) in [5.74, 6) is 0. The minimum Gasteiger partial charge on any atom is -0.166 e. The van der Waals surface area contributed by atoms with Gasteiger partial charge in [-0.2, -0.15) is 13.2 Å². The molecule has 0 unspecified atom stereocenters. The maximum atomic E-state index is 13.5. The number of alkyl halides is 3. The molecule has 3 heteroatoms. The van der Waals surface area contributed by atoms with Crippen molar-refractivity contribution in [2.45, 2.75) is 32.9 Å². The molecular formula is C19H17F3. The lowest BCUT2D eigenvalue weighted by molar-refractivity contribution is -0.137. The van der Waals surface area contributed by atoms with Gasteiger partial charge in [0.15, 0.2) is 0 Å². The van der Waals surface area contributed by atoms with E-state index in [-0.39, 0.29) is 0 Å². The Labute approximate surface area is 128 Å². The molecule has 2 aliphatic carbocycles. The molecule has 0 fully saturated rings. The Morgan fingerprint density at radius 3 is 1.95 bits per heavy atom. The Morgan fingerprint density at radius 2 is 1.45 bits per heavy atom. The Bertz CT molecular complexity index is 740. The zero-order valence-electron chi connectivity index (χ0n) is 12.6. The molecular weight excluding hydrogens is 285 g/mol. The van der Waals surface area contributed by atoms with Gasteiger partial charge >= 0.3 is 6.18 Å². The van der Waals surface area contributed by atoms with Crippen molar-refractivity contribution in [3.05, 3.63) is 70.3 Å². The van der Waals surface area contributed by atoms with E-state index in [0.717, 1.165) is 27.9 Å². The van der Waals surface area contributed by atoms with Crippen LogP contribution < -0.4 is 0 Å². The first-order valence-electron chi connectivity index (χ1n) is 7.33. The minimum atomic E-state index is -4.35. The summed E-state index contributed by atoms with van der Waals surface area (Å²) in [4.78, 5) is 0. The van der Waals surface area contributed by atoms with Crippen molar-refractivity contribution >= 4 is 11.1 Å². The third-order valence-corrected chi connectivity index (χ3v) is 4.33. The third-order valence-electron chi connectivity index (χ3n) is 4.33. The van der Waals surface area contributed by atoms with Gasteiger partial charge in [-0.25, -0.2) is 0 Å². The van der Waals surface area contributed by atoms with E-state index in [1.165, 1.54) is 12.1 Å².